The SMILES string of the molecule is CNc1nc(NC(C)c2ccc(Cl)cc2Cl)c(Cl)cc1Cl. The van der Waals surface area contributed by atoms with Crippen molar-refractivity contribution in [2.45, 2.75) is 13.0 Å². The van der Waals surface area contributed by atoms with Gasteiger partial charge in [0.15, 0.2) is 0 Å². The first-order valence-electron chi connectivity index (χ1n) is 6.17. The van der Waals surface area contributed by atoms with Gasteiger partial charge in [-0.1, -0.05) is 52.5 Å². The standard InChI is InChI=1S/C14H13Cl4N3/c1-7(9-4-3-8(15)5-10(9)16)20-14-12(18)6-11(17)13(19-2)21-14/h3-7H,1-2H3,(H2,19,20,21). The lowest BCUT2D eigenvalue weighted by atomic mass is 10.1. The van der Waals surface area contributed by atoms with E-state index in [2.05, 4.69) is 15.6 Å². The normalized spacial score (nSPS) is 12.1. The maximum Gasteiger partial charge on any atom is 0.147 e. The van der Waals surface area contributed by atoms with Crippen molar-refractivity contribution < 1.29 is 0 Å². The predicted molar refractivity (Wildman–Crippen MR) is 92.3 cm³/mol. The molecule has 1 heterocycles. The summed E-state index contributed by atoms with van der Waals surface area (Å²) in [6.07, 6.45) is 0. The smallest absolute Gasteiger partial charge is 0.147 e. The molecule has 0 radical (unpaired) electrons. The maximum absolute atomic E-state index is 6.20. The highest BCUT2D eigenvalue weighted by molar-refractivity contribution is 6.37. The van der Waals surface area contributed by atoms with Gasteiger partial charge < -0.3 is 10.6 Å². The van der Waals surface area contributed by atoms with Crippen LogP contribution < -0.4 is 10.6 Å². The number of nitrogens with one attached hydrogen (secondary N) is 2. The first kappa shape index (κ1) is 16.5. The molecule has 0 spiro atoms. The topological polar surface area (TPSA) is 37.0 Å². The van der Waals surface area contributed by atoms with Gasteiger partial charge in [0.2, 0.25) is 0 Å². The summed E-state index contributed by atoms with van der Waals surface area (Å²) in [4.78, 5) is 4.35. The molecule has 0 bridgehead atoms. The van der Waals surface area contributed by atoms with Crippen LogP contribution in [0.4, 0.5) is 11.6 Å². The van der Waals surface area contributed by atoms with Crippen LogP contribution in [0.2, 0.25) is 20.1 Å². The van der Waals surface area contributed by atoms with Crippen molar-refractivity contribution in [3.05, 3.63) is 49.9 Å². The van der Waals surface area contributed by atoms with E-state index in [-0.39, 0.29) is 6.04 Å². The molecule has 2 aromatic rings. The largest absolute Gasteiger partial charge is 0.372 e. The molecule has 0 amide bonds. The number of pyridine rings is 1. The summed E-state index contributed by atoms with van der Waals surface area (Å²) in [5, 5.41) is 8.21. The Bertz CT molecular complexity index is 661. The molecule has 0 aliphatic heterocycles. The maximum atomic E-state index is 6.20. The zero-order valence-corrected chi connectivity index (χ0v) is 14.4. The van der Waals surface area contributed by atoms with Crippen molar-refractivity contribution in [1.29, 1.82) is 0 Å². The fourth-order valence-electron chi connectivity index (χ4n) is 1.88. The molecule has 0 saturated carbocycles. The molecular weight excluding hydrogens is 352 g/mol. The summed E-state index contributed by atoms with van der Waals surface area (Å²) in [6.45, 7) is 1.96. The van der Waals surface area contributed by atoms with Gasteiger partial charge in [-0.2, -0.15) is 0 Å². The van der Waals surface area contributed by atoms with Crippen LogP contribution >= 0.6 is 46.4 Å². The summed E-state index contributed by atoms with van der Waals surface area (Å²) in [5.74, 6) is 1.09. The molecule has 2 rings (SSSR count). The van der Waals surface area contributed by atoms with Gasteiger partial charge in [-0.05, 0) is 30.7 Å². The van der Waals surface area contributed by atoms with Crippen molar-refractivity contribution in [3.8, 4) is 0 Å². The number of anilines is 2. The molecule has 0 saturated heterocycles. The molecule has 1 unspecified atom stereocenters. The van der Waals surface area contributed by atoms with Crippen LogP contribution in [-0.2, 0) is 0 Å². The molecule has 3 nitrogen and oxygen atoms in total. The van der Waals surface area contributed by atoms with Crippen LogP contribution in [-0.4, -0.2) is 12.0 Å². The minimum absolute atomic E-state index is 0.0920. The summed E-state index contributed by atoms with van der Waals surface area (Å²) in [7, 11) is 1.74. The average Bonchev–Trinajstić information content (AvgIpc) is 2.41. The van der Waals surface area contributed by atoms with Crippen LogP contribution in [0, 0.1) is 0 Å². The average molecular weight is 365 g/mol. The molecule has 2 N–H and O–H groups in total. The van der Waals surface area contributed by atoms with Gasteiger partial charge in [-0.25, -0.2) is 4.98 Å². The highest BCUT2D eigenvalue weighted by atomic mass is 35.5. The van der Waals surface area contributed by atoms with Crippen LogP contribution in [0.25, 0.3) is 0 Å². The second-order valence-corrected chi connectivity index (χ2v) is 6.09. The minimum atomic E-state index is -0.0920. The first-order valence-corrected chi connectivity index (χ1v) is 7.69. The molecule has 7 heteroatoms. The Labute approximate surface area is 143 Å². The van der Waals surface area contributed by atoms with Gasteiger partial charge >= 0.3 is 0 Å². The van der Waals surface area contributed by atoms with Crippen molar-refractivity contribution in [2.75, 3.05) is 17.7 Å². The Balaban J connectivity index is 2.29. The Kier molecular flexibility index (Phi) is 5.44. The Morgan fingerprint density at radius 3 is 2.24 bits per heavy atom. The summed E-state index contributed by atoms with van der Waals surface area (Å²) in [6, 6.07) is 6.90. The van der Waals surface area contributed by atoms with E-state index in [1.165, 1.54) is 0 Å². The van der Waals surface area contributed by atoms with E-state index in [4.69, 9.17) is 46.4 Å². The third-order valence-corrected chi connectivity index (χ3v) is 4.09. The van der Waals surface area contributed by atoms with E-state index >= 15 is 0 Å². The van der Waals surface area contributed by atoms with Crippen molar-refractivity contribution in [1.82, 2.24) is 4.98 Å². The van der Waals surface area contributed by atoms with Crippen molar-refractivity contribution >= 4 is 58.0 Å². The predicted octanol–water partition coefficient (Wildman–Crippen LogP) is 5.91. The van der Waals surface area contributed by atoms with Gasteiger partial charge in [0.1, 0.15) is 11.6 Å². The highest BCUT2D eigenvalue weighted by Gasteiger charge is 2.14. The number of aromatic nitrogens is 1. The first-order chi connectivity index (χ1) is 9.92. The van der Waals surface area contributed by atoms with E-state index in [9.17, 15) is 0 Å². The van der Waals surface area contributed by atoms with Gasteiger partial charge in [0, 0.05) is 17.1 Å². The lowest BCUT2D eigenvalue weighted by molar-refractivity contribution is 0.875. The quantitative estimate of drug-likeness (QED) is 0.707. The number of nitrogens with zero attached hydrogens (tertiary/aromatic N) is 1. The number of hydrogen-bond acceptors (Lipinski definition) is 3. The fraction of sp³-hybridized carbons (Fsp3) is 0.214. The zero-order valence-electron chi connectivity index (χ0n) is 11.3. The molecule has 1 aromatic heterocycles. The van der Waals surface area contributed by atoms with E-state index in [1.54, 1.807) is 25.2 Å². The summed E-state index contributed by atoms with van der Waals surface area (Å²) in [5.41, 5.74) is 0.903. The fourth-order valence-corrected chi connectivity index (χ4v) is 2.96. The molecule has 1 atom stereocenters. The molecule has 0 aliphatic carbocycles. The van der Waals surface area contributed by atoms with Crippen LogP contribution in [0.15, 0.2) is 24.3 Å². The van der Waals surface area contributed by atoms with E-state index in [0.29, 0.717) is 31.7 Å². The second-order valence-electron chi connectivity index (χ2n) is 4.43. The molecule has 21 heavy (non-hydrogen) atoms. The van der Waals surface area contributed by atoms with Gasteiger partial charge in [0.05, 0.1) is 16.1 Å². The third-order valence-electron chi connectivity index (χ3n) is 2.95. The Morgan fingerprint density at radius 1 is 0.952 bits per heavy atom. The Hall–Kier alpha value is -0.870. The Morgan fingerprint density at radius 2 is 1.62 bits per heavy atom. The van der Waals surface area contributed by atoms with Gasteiger partial charge in [-0.15, -0.1) is 0 Å². The van der Waals surface area contributed by atoms with Gasteiger partial charge in [0.25, 0.3) is 0 Å². The molecule has 0 fully saturated rings. The van der Waals surface area contributed by atoms with Crippen LogP contribution in [0.3, 0.4) is 0 Å². The second kappa shape index (κ2) is 6.93. The van der Waals surface area contributed by atoms with Crippen molar-refractivity contribution in [2.24, 2.45) is 0 Å². The third kappa shape index (κ3) is 3.86. The lowest BCUT2D eigenvalue weighted by Crippen LogP contribution is -2.10. The summed E-state index contributed by atoms with van der Waals surface area (Å²) < 4.78 is 0. The van der Waals surface area contributed by atoms with Crippen LogP contribution in [0.5, 0.6) is 0 Å². The monoisotopic (exact) mass is 363 g/mol. The molecular formula is C14H13Cl4N3. The molecule has 1 aromatic carbocycles. The molecule has 112 valence electrons. The van der Waals surface area contributed by atoms with E-state index in [0.717, 1.165) is 5.56 Å². The lowest BCUT2D eigenvalue weighted by Gasteiger charge is -2.18. The number of benzene rings is 1. The van der Waals surface area contributed by atoms with Crippen molar-refractivity contribution in [3.63, 3.8) is 0 Å². The number of halogens is 4. The van der Waals surface area contributed by atoms with Gasteiger partial charge in [-0.3, -0.25) is 0 Å². The minimum Gasteiger partial charge on any atom is -0.372 e. The zero-order chi connectivity index (χ0) is 15.6. The number of hydrogen-bond donors (Lipinski definition) is 2. The van der Waals surface area contributed by atoms with E-state index in [1.807, 2.05) is 13.0 Å². The van der Waals surface area contributed by atoms with Crippen LogP contribution in [0.1, 0.15) is 18.5 Å². The highest BCUT2D eigenvalue weighted by Crippen LogP contribution is 2.33. The number of rotatable bonds is 4. The molecule has 0 aliphatic rings. The van der Waals surface area contributed by atoms with E-state index < -0.39 is 0 Å². The summed E-state index contributed by atoms with van der Waals surface area (Å²) >= 11 is 24.3.